The molecule has 1 aromatic carbocycles. The number of nitrogens with one attached hydrogen (secondary N) is 1. The third-order valence-corrected chi connectivity index (χ3v) is 5.31. The number of rotatable bonds is 3. The van der Waals surface area contributed by atoms with Crippen LogP contribution in [-0.2, 0) is 6.42 Å². The molecule has 0 aliphatic rings. The van der Waals surface area contributed by atoms with E-state index in [-0.39, 0.29) is 5.82 Å². The Hall–Kier alpha value is -2.20. The second kappa shape index (κ2) is 5.46. The summed E-state index contributed by atoms with van der Waals surface area (Å²) in [4.78, 5) is 10.7. The number of hydrogen-bond acceptors (Lipinski definition) is 2. The van der Waals surface area contributed by atoms with Crippen molar-refractivity contribution in [1.29, 1.82) is 0 Å². The Morgan fingerprint density at radius 3 is 2.87 bits per heavy atom. The molecule has 0 atom stereocenters. The molecule has 2 nitrogen and oxygen atoms in total. The first-order chi connectivity index (χ1) is 11.2. The summed E-state index contributed by atoms with van der Waals surface area (Å²) in [7, 11) is 0. The average molecular weight is 324 g/mol. The topological polar surface area (TPSA) is 28.7 Å². The zero-order valence-electron chi connectivity index (χ0n) is 13.1. The van der Waals surface area contributed by atoms with Crippen molar-refractivity contribution in [3.8, 4) is 11.3 Å². The molecule has 0 amide bonds. The number of aryl methyl sites for hydroxylation is 2. The lowest BCUT2D eigenvalue weighted by atomic mass is 10.1. The van der Waals surface area contributed by atoms with Crippen LogP contribution in [-0.4, -0.2) is 9.97 Å². The Bertz CT molecular complexity index is 1010. The van der Waals surface area contributed by atoms with Gasteiger partial charge in [-0.3, -0.25) is 4.98 Å². The SMILES string of the molecule is CCCc1cc(-c2nccc3c2[nH]c2ccc(F)cc23)c(C)s1. The second-order valence-corrected chi connectivity index (χ2v) is 7.17. The summed E-state index contributed by atoms with van der Waals surface area (Å²) in [5.41, 5.74) is 4.06. The second-order valence-electron chi connectivity index (χ2n) is 5.83. The predicted octanol–water partition coefficient (Wildman–Crippen LogP) is 5.84. The van der Waals surface area contributed by atoms with Gasteiger partial charge in [-0.25, -0.2) is 4.39 Å². The van der Waals surface area contributed by atoms with Crippen LogP contribution in [0.5, 0.6) is 0 Å². The summed E-state index contributed by atoms with van der Waals surface area (Å²) in [6.07, 6.45) is 4.05. The van der Waals surface area contributed by atoms with Crippen molar-refractivity contribution >= 4 is 33.1 Å². The van der Waals surface area contributed by atoms with Crippen LogP contribution < -0.4 is 0 Å². The van der Waals surface area contributed by atoms with E-state index in [9.17, 15) is 4.39 Å². The van der Waals surface area contributed by atoms with Gasteiger partial charge >= 0.3 is 0 Å². The quantitative estimate of drug-likeness (QED) is 0.503. The molecule has 1 N–H and O–H groups in total. The number of aromatic nitrogens is 2. The Morgan fingerprint density at radius 2 is 2.04 bits per heavy atom. The van der Waals surface area contributed by atoms with Gasteiger partial charge in [0.2, 0.25) is 0 Å². The van der Waals surface area contributed by atoms with E-state index in [0.29, 0.717) is 0 Å². The van der Waals surface area contributed by atoms with Crippen molar-refractivity contribution < 1.29 is 4.39 Å². The monoisotopic (exact) mass is 324 g/mol. The van der Waals surface area contributed by atoms with Gasteiger partial charge in [0.15, 0.2) is 0 Å². The number of pyridine rings is 1. The first-order valence-electron chi connectivity index (χ1n) is 7.83. The molecular weight excluding hydrogens is 307 g/mol. The Morgan fingerprint density at radius 1 is 1.17 bits per heavy atom. The highest BCUT2D eigenvalue weighted by atomic mass is 32.1. The number of H-pyrrole nitrogens is 1. The number of hydrogen-bond donors (Lipinski definition) is 1. The molecule has 23 heavy (non-hydrogen) atoms. The zero-order valence-corrected chi connectivity index (χ0v) is 13.9. The normalized spacial score (nSPS) is 11.6. The molecular formula is C19H17FN2S. The van der Waals surface area contributed by atoms with Crippen LogP contribution in [0, 0.1) is 12.7 Å². The van der Waals surface area contributed by atoms with Crippen molar-refractivity contribution in [1.82, 2.24) is 9.97 Å². The van der Waals surface area contributed by atoms with Crippen molar-refractivity contribution in [2.75, 3.05) is 0 Å². The van der Waals surface area contributed by atoms with E-state index in [4.69, 9.17) is 0 Å². The number of benzene rings is 1. The van der Waals surface area contributed by atoms with E-state index < -0.39 is 0 Å². The molecule has 0 saturated carbocycles. The molecule has 0 saturated heterocycles. The fraction of sp³-hybridized carbons (Fsp3) is 0.211. The fourth-order valence-corrected chi connectivity index (χ4v) is 4.29. The molecule has 0 unspecified atom stereocenters. The number of aromatic amines is 1. The Balaban J connectivity index is 1.99. The van der Waals surface area contributed by atoms with E-state index in [1.165, 1.54) is 21.4 Å². The highest BCUT2D eigenvalue weighted by Crippen LogP contribution is 2.36. The van der Waals surface area contributed by atoms with Gasteiger partial charge in [0.05, 0.1) is 11.2 Å². The lowest BCUT2D eigenvalue weighted by Gasteiger charge is -2.01. The molecule has 4 aromatic rings. The van der Waals surface area contributed by atoms with E-state index in [0.717, 1.165) is 40.3 Å². The van der Waals surface area contributed by atoms with Gasteiger partial charge < -0.3 is 4.98 Å². The first-order valence-corrected chi connectivity index (χ1v) is 8.64. The third kappa shape index (κ3) is 2.34. The number of fused-ring (bicyclic) bond motifs is 3. The summed E-state index contributed by atoms with van der Waals surface area (Å²) in [6, 6.07) is 9.06. The number of thiophene rings is 1. The van der Waals surface area contributed by atoms with Crippen LogP contribution in [0.1, 0.15) is 23.1 Å². The molecule has 0 fully saturated rings. The lowest BCUT2D eigenvalue weighted by molar-refractivity contribution is 0.630. The largest absolute Gasteiger partial charge is 0.353 e. The van der Waals surface area contributed by atoms with Crippen LogP contribution in [0.15, 0.2) is 36.5 Å². The van der Waals surface area contributed by atoms with Gasteiger partial charge in [-0.15, -0.1) is 11.3 Å². The summed E-state index contributed by atoms with van der Waals surface area (Å²) in [5, 5.41) is 1.93. The maximum absolute atomic E-state index is 13.6. The summed E-state index contributed by atoms with van der Waals surface area (Å²) < 4.78 is 13.6. The van der Waals surface area contributed by atoms with Crippen LogP contribution in [0.3, 0.4) is 0 Å². The zero-order chi connectivity index (χ0) is 16.0. The van der Waals surface area contributed by atoms with Crippen LogP contribution in [0.25, 0.3) is 33.1 Å². The van der Waals surface area contributed by atoms with Crippen LogP contribution >= 0.6 is 11.3 Å². The minimum atomic E-state index is -0.214. The van der Waals surface area contributed by atoms with E-state index in [1.54, 1.807) is 12.1 Å². The molecule has 0 aliphatic carbocycles. The predicted molar refractivity (Wildman–Crippen MR) is 95.6 cm³/mol. The molecule has 0 radical (unpaired) electrons. The fourth-order valence-electron chi connectivity index (χ4n) is 3.15. The van der Waals surface area contributed by atoms with E-state index >= 15 is 0 Å². The molecule has 3 aromatic heterocycles. The van der Waals surface area contributed by atoms with Gasteiger partial charge in [-0.2, -0.15) is 0 Å². The van der Waals surface area contributed by atoms with Gasteiger partial charge in [-0.05, 0) is 43.7 Å². The molecule has 0 bridgehead atoms. The van der Waals surface area contributed by atoms with Gasteiger partial charge in [0.25, 0.3) is 0 Å². The number of nitrogens with zero attached hydrogens (tertiary/aromatic N) is 1. The van der Waals surface area contributed by atoms with Crippen molar-refractivity contribution in [3.05, 3.63) is 52.1 Å². The van der Waals surface area contributed by atoms with E-state index in [1.807, 2.05) is 23.6 Å². The van der Waals surface area contributed by atoms with Crippen LogP contribution in [0.4, 0.5) is 4.39 Å². The third-order valence-electron chi connectivity index (χ3n) is 4.20. The highest BCUT2D eigenvalue weighted by molar-refractivity contribution is 7.12. The smallest absolute Gasteiger partial charge is 0.123 e. The van der Waals surface area contributed by atoms with Crippen LogP contribution in [0.2, 0.25) is 0 Å². The van der Waals surface area contributed by atoms with Crippen molar-refractivity contribution in [2.45, 2.75) is 26.7 Å². The maximum atomic E-state index is 13.6. The molecule has 4 heteroatoms. The maximum Gasteiger partial charge on any atom is 0.123 e. The molecule has 3 heterocycles. The average Bonchev–Trinajstić information content (AvgIpc) is 3.08. The molecule has 0 spiro atoms. The molecule has 4 rings (SSSR count). The van der Waals surface area contributed by atoms with Crippen molar-refractivity contribution in [2.24, 2.45) is 0 Å². The van der Waals surface area contributed by atoms with E-state index in [2.05, 4.69) is 29.9 Å². The summed E-state index contributed by atoms with van der Waals surface area (Å²) in [6.45, 7) is 4.34. The standard InChI is InChI=1S/C19H17FN2S/c1-3-4-13-10-15(11(2)23-13)18-19-14(7-8-21-18)16-9-12(20)5-6-17(16)22-19/h5-10,22H,3-4H2,1-2H3. The van der Waals surface area contributed by atoms with Crippen molar-refractivity contribution in [3.63, 3.8) is 0 Å². The summed E-state index contributed by atoms with van der Waals surface area (Å²) >= 11 is 1.84. The summed E-state index contributed by atoms with van der Waals surface area (Å²) in [5.74, 6) is -0.214. The Labute approximate surface area is 138 Å². The van der Waals surface area contributed by atoms with Gasteiger partial charge in [0, 0.05) is 37.8 Å². The van der Waals surface area contributed by atoms with Gasteiger partial charge in [-0.1, -0.05) is 13.3 Å². The minimum absolute atomic E-state index is 0.214. The highest BCUT2D eigenvalue weighted by Gasteiger charge is 2.15. The minimum Gasteiger partial charge on any atom is -0.353 e. The Kier molecular flexibility index (Phi) is 3.42. The molecule has 116 valence electrons. The molecule has 0 aliphatic heterocycles. The van der Waals surface area contributed by atoms with Gasteiger partial charge in [0.1, 0.15) is 5.82 Å². The lowest BCUT2D eigenvalue weighted by Crippen LogP contribution is -1.85. The number of halogens is 1. The first kappa shape index (κ1) is 14.4.